The first-order valence-electron chi connectivity index (χ1n) is 5.80. The molecule has 19 heavy (non-hydrogen) atoms. The Balaban J connectivity index is 1.97. The van der Waals surface area contributed by atoms with Crippen molar-refractivity contribution in [2.24, 2.45) is 0 Å². The standard InChI is InChI=1S/C11H14N4O2S2/c1-3-15-8(4-6-12-15)10-13-14-11(19-10)18-7-5-9(16)17-2/h4,6H,3,5,7H2,1-2H3. The molecule has 2 rings (SSSR count). The summed E-state index contributed by atoms with van der Waals surface area (Å²) in [5, 5.41) is 13.3. The second kappa shape index (κ2) is 6.67. The minimum absolute atomic E-state index is 0.207. The molecule has 0 aliphatic rings. The predicted molar refractivity (Wildman–Crippen MR) is 74.2 cm³/mol. The van der Waals surface area contributed by atoms with Gasteiger partial charge in [-0.15, -0.1) is 10.2 Å². The predicted octanol–water partition coefficient (Wildman–Crippen LogP) is 2.08. The molecule has 8 heteroatoms. The number of nitrogens with zero attached hydrogens (tertiary/aromatic N) is 4. The molecular weight excluding hydrogens is 284 g/mol. The second-order valence-corrected chi connectivity index (χ2v) is 5.90. The Morgan fingerprint density at radius 1 is 1.53 bits per heavy atom. The summed E-state index contributed by atoms with van der Waals surface area (Å²) in [7, 11) is 1.39. The number of aromatic nitrogens is 4. The Morgan fingerprint density at radius 3 is 3.11 bits per heavy atom. The van der Waals surface area contributed by atoms with Gasteiger partial charge in [-0.25, -0.2) is 0 Å². The van der Waals surface area contributed by atoms with E-state index in [4.69, 9.17) is 0 Å². The van der Waals surface area contributed by atoms with E-state index in [9.17, 15) is 4.79 Å². The number of ether oxygens (including phenoxy) is 1. The summed E-state index contributed by atoms with van der Waals surface area (Å²) in [6, 6.07) is 1.92. The first-order valence-corrected chi connectivity index (χ1v) is 7.60. The number of hydrogen-bond acceptors (Lipinski definition) is 7. The van der Waals surface area contributed by atoms with Crippen molar-refractivity contribution in [3.8, 4) is 10.7 Å². The highest BCUT2D eigenvalue weighted by molar-refractivity contribution is 8.01. The van der Waals surface area contributed by atoms with Crippen LogP contribution in [-0.2, 0) is 16.1 Å². The molecule has 0 fully saturated rings. The average Bonchev–Trinajstić information content (AvgIpc) is 3.06. The van der Waals surface area contributed by atoms with Crippen molar-refractivity contribution in [3.05, 3.63) is 12.3 Å². The molecule has 0 atom stereocenters. The van der Waals surface area contributed by atoms with Gasteiger partial charge in [-0.1, -0.05) is 23.1 Å². The lowest BCUT2D eigenvalue weighted by Gasteiger charge is -1.99. The number of methoxy groups -OCH3 is 1. The van der Waals surface area contributed by atoms with Gasteiger partial charge in [0.05, 0.1) is 19.2 Å². The average molecular weight is 298 g/mol. The lowest BCUT2D eigenvalue weighted by atomic mass is 10.4. The molecule has 0 unspecified atom stereocenters. The van der Waals surface area contributed by atoms with Gasteiger partial charge in [0.15, 0.2) is 9.35 Å². The molecule has 0 saturated carbocycles. The molecule has 0 aromatic carbocycles. The van der Waals surface area contributed by atoms with E-state index in [0.29, 0.717) is 12.2 Å². The third kappa shape index (κ3) is 3.54. The zero-order valence-electron chi connectivity index (χ0n) is 10.7. The maximum atomic E-state index is 11.0. The van der Waals surface area contributed by atoms with E-state index in [1.807, 2.05) is 17.7 Å². The number of aryl methyl sites for hydroxylation is 1. The minimum atomic E-state index is -0.207. The van der Waals surface area contributed by atoms with Crippen LogP contribution in [-0.4, -0.2) is 38.8 Å². The molecule has 0 N–H and O–H groups in total. The molecule has 0 amide bonds. The molecule has 2 aromatic rings. The molecule has 6 nitrogen and oxygen atoms in total. The van der Waals surface area contributed by atoms with Gasteiger partial charge in [-0.2, -0.15) is 5.10 Å². The number of esters is 1. The third-order valence-electron chi connectivity index (χ3n) is 2.40. The van der Waals surface area contributed by atoms with Gasteiger partial charge in [-0.3, -0.25) is 9.48 Å². The van der Waals surface area contributed by atoms with Crippen molar-refractivity contribution in [2.45, 2.75) is 24.2 Å². The fourth-order valence-electron chi connectivity index (χ4n) is 1.46. The number of carbonyl (C=O) groups is 1. The highest BCUT2D eigenvalue weighted by atomic mass is 32.2. The summed E-state index contributed by atoms with van der Waals surface area (Å²) in [6.45, 7) is 2.83. The number of thioether (sulfide) groups is 1. The van der Waals surface area contributed by atoms with Crippen molar-refractivity contribution in [3.63, 3.8) is 0 Å². The highest BCUT2D eigenvalue weighted by Gasteiger charge is 2.11. The maximum Gasteiger partial charge on any atom is 0.306 e. The van der Waals surface area contributed by atoms with Crippen LogP contribution in [0.2, 0.25) is 0 Å². The Labute approximate surface area is 119 Å². The number of carbonyl (C=O) groups excluding carboxylic acids is 1. The lowest BCUT2D eigenvalue weighted by molar-refractivity contribution is -0.140. The monoisotopic (exact) mass is 298 g/mol. The van der Waals surface area contributed by atoms with Gasteiger partial charge in [0.25, 0.3) is 0 Å². The fraction of sp³-hybridized carbons (Fsp3) is 0.455. The van der Waals surface area contributed by atoms with Gasteiger partial charge in [0, 0.05) is 18.5 Å². The molecule has 0 saturated heterocycles. The largest absolute Gasteiger partial charge is 0.469 e. The summed E-state index contributed by atoms with van der Waals surface area (Å²) >= 11 is 3.02. The Kier molecular flexibility index (Phi) is 4.92. The maximum absolute atomic E-state index is 11.0. The van der Waals surface area contributed by atoms with Gasteiger partial charge in [0.1, 0.15) is 0 Å². The van der Waals surface area contributed by atoms with E-state index in [0.717, 1.165) is 21.6 Å². The summed E-state index contributed by atoms with van der Waals surface area (Å²) in [5.41, 5.74) is 0.972. The molecule has 0 radical (unpaired) electrons. The second-order valence-electron chi connectivity index (χ2n) is 3.58. The molecule has 0 spiro atoms. The summed E-state index contributed by atoms with van der Waals surface area (Å²) in [6.07, 6.45) is 2.13. The molecule has 2 heterocycles. The van der Waals surface area contributed by atoms with Gasteiger partial charge < -0.3 is 4.74 Å². The Hall–Kier alpha value is -1.41. The third-order valence-corrected chi connectivity index (χ3v) is 4.48. The van der Waals surface area contributed by atoms with Crippen molar-refractivity contribution in [1.82, 2.24) is 20.0 Å². The van der Waals surface area contributed by atoms with E-state index in [1.165, 1.54) is 30.2 Å². The first kappa shape index (κ1) is 14.0. The van der Waals surface area contributed by atoms with Crippen LogP contribution in [0.1, 0.15) is 13.3 Å². The highest BCUT2D eigenvalue weighted by Crippen LogP contribution is 2.29. The molecule has 2 aromatic heterocycles. The van der Waals surface area contributed by atoms with E-state index in [1.54, 1.807) is 6.20 Å². The molecule has 0 aliphatic heterocycles. The molecule has 0 aliphatic carbocycles. The number of rotatable bonds is 6. The van der Waals surface area contributed by atoms with E-state index in [-0.39, 0.29) is 5.97 Å². The van der Waals surface area contributed by atoms with Crippen LogP contribution in [0.5, 0.6) is 0 Å². The lowest BCUT2D eigenvalue weighted by Crippen LogP contribution is -2.00. The van der Waals surface area contributed by atoms with Crippen molar-refractivity contribution in [2.75, 3.05) is 12.9 Å². The smallest absolute Gasteiger partial charge is 0.306 e. The van der Waals surface area contributed by atoms with E-state index < -0.39 is 0 Å². The normalized spacial score (nSPS) is 10.6. The van der Waals surface area contributed by atoms with Gasteiger partial charge in [0.2, 0.25) is 0 Å². The van der Waals surface area contributed by atoms with Crippen LogP contribution in [0, 0.1) is 0 Å². The van der Waals surface area contributed by atoms with Crippen LogP contribution in [0.15, 0.2) is 16.6 Å². The van der Waals surface area contributed by atoms with Crippen molar-refractivity contribution >= 4 is 29.1 Å². The van der Waals surface area contributed by atoms with Crippen LogP contribution < -0.4 is 0 Å². The fourth-order valence-corrected chi connectivity index (χ4v) is 3.33. The van der Waals surface area contributed by atoms with E-state index in [2.05, 4.69) is 20.0 Å². The quantitative estimate of drug-likeness (QED) is 0.600. The van der Waals surface area contributed by atoms with Gasteiger partial charge in [-0.05, 0) is 13.0 Å². The van der Waals surface area contributed by atoms with Crippen LogP contribution in [0.25, 0.3) is 10.7 Å². The van der Waals surface area contributed by atoms with Crippen LogP contribution in [0.3, 0.4) is 0 Å². The summed E-state index contributed by atoms with van der Waals surface area (Å²) < 4.78 is 7.31. The topological polar surface area (TPSA) is 69.9 Å². The van der Waals surface area contributed by atoms with E-state index >= 15 is 0 Å². The SMILES string of the molecule is CCn1nccc1-c1nnc(SCCC(=O)OC)s1. The Bertz CT molecular complexity index is 552. The number of hydrogen-bond donors (Lipinski definition) is 0. The first-order chi connectivity index (χ1) is 9.24. The summed E-state index contributed by atoms with van der Waals surface area (Å²) in [5.74, 6) is 0.440. The van der Waals surface area contributed by atoms with Gasteiger partial charge >= 0.3 is 5.97 Å². The van der Waals surface area contributed by atoms with Crippen LogP contribution in [0.4, 0.5) is 0 Å². The van der Waals surface area contributed by atoms with Crippen molar-refractivity contribution < 1.29 is 9.53 Å². The zero-order valence-corrected chi connectivity index (χ0v) is 12.3. The van der Waals surface area contributed by atoms with Crippen molar-refractivity contribution in [1.29, 1.82) is 0 Å². The Morgan fingerprint density at radius 2 is 2.37 bits per heavy atom. The molecule has 0 bridgehead atoms. The molecule has 102 valence electrons. The molecular formula is C11H14N4O2S2. The zero-order chi connectivity index (χ0) is 13.7. The summed E-state index contributed by atoms with van der Waals surface area (Å²) in [4.78, 5) is 11.0. The minimum Gasteiger partial charge on any atom is -0.469 e. The van der Waals surface area contributed by atoms with Crippen LogP contribution >= 0.6 is 23.1 Å².